The minimum atomic E-state index is -0.308. The fourth-order valence-electron chi connectivity index (χ4n) is 1.40. The summed E-state index contributed by atoms with van der Waals surface area (Å²) in [5, 5.41) is 0. The highest BCUT2D eigenvalue weighted by molar-refractivity contribution is 7.17. The summed E-state index contributed by atoms with van der Waals surface area (Å²) in [6, 6.07) is 13.3. The first-order valence-electron chi connectivity index (χ1n) is 5.22. The van der Waals surface area contributed by atoms with Crippen molar-refractivity contribution in [2.45, 2.75) is 6.42 Å². The lowest BCUT2D eigenvalue weighted by Gasteiger charge is -2.03. The molecule has 2 aromatic rings. The summed E-state index contributed by atoms with van der Waals surface area (Å²) in [7, 11) is 0. The van der Waals surface area contributed by atoms with Crippen molar-refractivity contribution < 1.29 is 9.53 Å². The summed E-state index contributed by atoms with van der Waals surface area (Å²) >= 11 is 6.98. The van der Waals surface area contributed by atoms with Crippen molar-refractivity contribution in [3.8, 4) is 0 Å². The fraction of sp³-hybridized carbons (Fsp3) is 0.154. The number of carbonyl (C=O) groups excluding carboxylic acids is 1. The normalized spacial score (nSPS) is 10.2. The Bertz CT molecular complexity index is 493. The van der Waals surface area contributed by atoms with Crippen LogP contribution in [-0.2, 0) is 11.2 Å². The maximum Gasteiger partial charge on any atom is 0.348 e. The monoisotopic (exact) mass is 266 g/mol. The maximum atomic E-state index is 11.6. The lowest BCUT2D eigenvalue weighted by atomic mass is 10.2. The van der Waals surface area contributed by atoms with Gasteiger partial charge in [-0.1, -0.05) is 41.9 Å². The zero-order chi connectivity index (χ0) is 12.1. The zero-order valence-corrected chi connectivity index (χ0v) is 10.6. The molecule has 0 radical (unpaired) electrons. The van der Waals surface area contributed by atoms with Crippen LogP contribution in [0, 0.1) is 0 Å². The van der Waals surface area contributed by atoms with Crippen molar-refractivity contribution in [3.05, 3.63) is 57.2 Å². The second kappa shape index (κ2) is 5.84. The molecule has 2 nitrogen and oxygen atoms in total. The SMILES string of the molecule is O=C(OCCc1ccccc1)c1ccc(Cl)s1. The van der Waals surface area contributed by atoms with Gasteiger partial charge in [0.15, 0.2) is 0 Å². The predicted octanol–water partition coefficient (Wildman–Crippen LogP) is 3.80. The minimum absolute atomic E-state index is 0.308. The first-order chi connectivity index (χ1) is 8.25. The third-order valence-corrected chi connectivity index (χ3v) is 3.45. The first kappa shape index (κ1) is 12.1. The Labute approximate surface area is 109 Å². The van der Waals surface area contributed by atoms with Crippen molar-refractivity contribution in [2.24, 2.45) is 0 Å². The number of halogens is 1. The lowest BCUT2D eigenvalue weighted by molar-refractivity contribution is 0.0515. The van der Waals surface area contributed by atoms with Crippen LogP contribution in [0.2, 0.25) is 4.34 Å². The van der Waals surface area contributed by atoms with Crippen LogP contribution in [0.5, 0.6) is 0 Å². The second-order valence-corrected chi connectivity index (χ2v) is 5.19. The van der Waals surface area contributed by atoms with Crippen molar-refractivity contribution >= 4 is 28.9 Å². The Morgan fingerprint density at radius 2 is 1.94 bits per heavy atom. The summed E-state index contributed by atoms with van der Waals surface area (Å²) < 4.78 is 5.76. The summed E-state index contributed by atoms with van der Waals surface area (Å²) in [6.45, 7) is 0.387. The molecular weight excluding hydrogens is 256 g/mol. The zero-order valence-electron chi connectivity index (χ0n) is 9.06. The number of carbonyl (C=O) groups is 1. The minimum Gasteiger partial charge on any atom is -0.461 e. The first-order valence-corrected chi connectivity index (χ1v) is 6.41. The van der Waals surface area contributed by atoms with Gasteiger partial charge in [0.2, 0.25) is 0 Å². The Kier molecular flexibility index (Phi) is 4.18. The molecule has 0 aliphatic rings. The Morgan fingerprint density at radius 3 is 2.59 bits per heavy atom. The molecule has 0 N–H and O–H groups in total. The average molecular weight is 267 g/mol. The number of benzene rings is 1. The van der Waals surface area contributed by atoms with Gasteiger partial charge < -0.3 is 4.74 Å². The molecular formula is C13H11ClO2S. The summed E-state index contributed by atoms with van der Waals surface area (Å²) in [6.07, 6.45) is 0.728. The van der Waals surface area contributed by atoms with Crippen molar-refractivity contribution in [1.82, 2.24) is 0 Å². The Balaban J connectivity index is 1.81. The molecule has 1 heterocycles. The smallest absolute Gasteiger partial charge is 0.348 e. The topological polar surface area (TPSA) is 26.3 Å². The quantitative estimate of drug-likeness (QED) is 0.787. The Hall–Kier alpha value is -1.32. The van der Waals surface area contributed by atoms with Gasteiger partial charge in [0, 0.05) is 6.42 Å². The van der Waals surface area contributed by atoms with E-state index in [4.69, 9.17) is 16.3 Å². The van der Waals surface area contributed by atoms with Crippen LogP contribution in [0.15, 0.2) is 42.5 Å². The molecule has 0 bridgehead atoms. The molecule has 0 unspecified atom stereocenters. The van der Waals surface area contributed by atoms with Crippen molar-refractivity contribution in [2.75, 3.05) is 6.61 Å². The summed E-state index contributed by atoms with van der Waals surface area (Å²) in [5.41, 5.74) is 1.16. The molecule has 0 saturated carbocycles. The van der Waals surface area contributed by atoms with Gasteiger partial charge in [0.25, 0.3) is 0 Å². The van der Waals surface area contributed by atoms with E-state index in [0.29, 0.717) is 15.8 Å². The van der Waals surface area contributed by atoms with Crippen LogP contribution < -0.4 is 0 Å². The molecule has 0 fully saturated rings. The fourth-order valence-corrected chi connectivity index (χ4v) is 2.34. The summed E-state index contributed by atoms with van der Waals surface area (Å²) in [4.78, 5) is 12.1. The van der Waals surface area contributed by atoms with E-state index in [-0.39, 0.29) is 5.97 Å². The van der Waals surface area contributed by atoms with Gasteiger partial charge in [0.1, 0.15) is 4.88 Å². The highest BCUT2D eigenvalue weighted by atomic mass is 35.5. The number of hydrogen-bond donors (Lipinski definition) is 0. The number of rotatable bonds is 4. The molecule has 0 aliphatic heterocycles. The van der Waals surface area contributed by atoms with Crippen LogP contribution in [0.1, 0.15) is 15.2 Å². The van der Waals surface area contributed by atoms with Crippen LogP contribution in [0.3, 0.4) is 0 Å². The largest absolute Gasteiger partial charge is 0.461 e. The molecule has 4 heteroatoms. The Morgan fingerprint density at radius 1 is 1.18 bits per heavy atom. The second-order valence-electron chi connectivity index (χ2n) is 3.48. The molecule has 88 valence electrons. The van der Waals surface area contributed by atoms with Gasteiger partial charge in [-0.25, -0.2) is 4.79 Å². The van der Waals surface area contributed by atoms with Crippen molar-refractivity contribution in [3.63, 3.8) is 0 Å². The van der Waals surface area contributed by atoms with Crippen LogP contribution >= 0.6 is 22.9 Å². The highest BCUT2D eigenvalue weighted by Gasteiger charge is 2.09. The molecule has 1 aromatic heterocycles. The van der Waals surface area contributed by atoms with E-state index in [1.165, 1.54) is 11.3 Å². The van der Waals surface area contributed by atoms with E-state index in [1.54, 1.807) is 12.1 Å². The van der Waals surface area contributed by atoms with E-state index in [2.05, 4.69) is 0 Å². The van der Waals surface area contributed by atoms with Gasteiger partial charge in [-0.3, -0.25) is 0 Å². The van der Waals surface area contributed by atoms with E-state index < -0.39 is 0 Å². The molecule has 0 spiro atoms. The third kappa shape index (κ3) is 3.58. The van der Waals surface area contributed by atoms with Gasteiger partial charge in [-0.2, -0.15) is 0 Å². The van der Waals surface area contributed by atoms with Crippen LogP contribution in [0.4, 0.5) is 0 Å². The molecule has 2 rings (SSSR count). The molecule has 1 aromatic carbocycles. The van der Waals surface area contributed by atoms with Crippen LogP contribution in [-0.4, -0.2) is 12.6 Å². The van der Waals surface area contributed by atoms with Gasteiger partial charge >= 0.3 is 5.97 Å². The van der Waals surface area contributed by atoms with Crippen LogP contribution in [0.25, 0.3) is 0 Å². The highest BCUT2D eigenvalue weighted by Crippen LogP contribution is 2.21. The molecule has 0 atom stereocenters. The van der Waals surface area contributed by atoms with Gasteiger partial charge in [0.05, 0.1) is 10.9 Å². The number of ether oxygens (including phenoxy) is 1. The maximum absolute atomic E-state index is 11.6. The van der Waals surface area contributed by atoms with Gasteiger partial charge in [-0.15, -0.1) is 11.3 Å². The number of hydrogen-bond acceptors (Lipinski definition) is 3. The average Bonchev–Trinajstić information content (AvgIpc) is 2.77. The molecule has 0 saturated heterocycles. The standard InChI is InChI=1S/C13H11ClO2S/c14-12-7-6-11(17-12)13(15)16-9-8-10-4-2-1-3-5-10/h1-7H,8-9H2. The third-order valence-electron chi connectivity index (χ3n) is 2.24. The van der Waals surface area contributed by atoms with Crippen molar-refractivity contribution in [1.29, 1.82) is 0 Å². The molecule has 0 amide bonds. The predicted molar refractivity (Wildman–Crippen MR) is 69.8 cm³/mol. The van der Waals surface area contributed by atoms with E-state index in [0.717, 1.165) is 12.0 Å². The number of esters is 1. The lowest BCUT2D eigenvalue weighted by Crippen LogP contribution is -2.06. The van der Waals surface area contributed by atoms with E-state index >= 15 is 0 Å². The summed E-state index contributed by atoms with van der Waals surface area (Å²) in [5.74, 6) is -0.308. The number of thiophene rings is 1. The molecule has 0 aliphatic carbocycles. The van der Waals surface area contributed by atoms with E-state index in [9.17, 15) is 4.79 Å². The molecule has 17 heavy (non-hydrogen) atoms. The van der Waals surface area contributed by atoms with Gasteiger partial charge in [-0.05, 0) is 17.7 Å². The van der Waals surface area contributed by atoms with E-state index in [1.807, 2.05) is 30.3 Å².